The highest BCUT2D eigenvalue weighted by molar-refractivity contribution is 5.20. The van der Waals surface area contributed by atoms with Crippen LogP contribution in [0.1, 0.15) is 11.6 Å². The summed E-state index contributed by atoms with van der Waals surface area (Å²) in [7, 11) is 3.37. The number of methoxy groups -OCH3 is 1. The fourth-order valence-corrected chi connectivity index (χ4v) is 1.08. The van der Waals surface area contributed by atoms with Crippen molar-refractivity contribution >= 4 is 0 Å². The third kappa shape index (κ3) is 2.40. The molecule has 0 bridgehead atoms. The van der Waals surface area contributed by atoms with Crippen LogP contribution in [0.3, 0.4) is 0 Å². The summed E-state index contributed by atoms with van der Waals surface area (Å²) in [6.45, 7) is 0.0600. The van der Waals surface area contributed by atoms with Gasteiger partial charge in [-0.2, -0.15) is 0 Å². The van der Waals surface area contributed by atoms with Crippen LogP contribution in [0.5, 0.6) is 5.88 Å². The number of pyridine rings is 1. The van der Waals surface area contributed by atoms with E-state index in [9.17, 15) is 0 Å². The molecular weight excluding hydrogens is 168 g/mol. The zero-order chi connectivity index (χ0) is 9.68. The first-order valence-electron chi connectivity index (χ1n) is 4.10. The average Bonchev–Trinajstić information content (AvgIpc) is 2.21. The van der Waals surface area contributed by atoms with E-state index < -0.39 is 0 Å². The molecule has 0 saturated heterocycles. The molecule has 0 aromatic carbocycles. The van der Waals surface area contributed by atoms with Crippen LogP contribution < -0.4 is 10.1 Å². The van der Waals surface area contributed by atoms with Gasteiger partial charge in [-0.1, -0.05) is 6.07 Å². The van der Waals surface area contributed by atoms with Crippen LogP contribution >= 0.6 is 0 Å². The molecule has 0 aliphatic carbocycles. The Kier molecular flexibility index (Phi) is 3.67. The van der Waals surface area contributed by atoms with E-state index in [1.807, 2.05) is 6.07 Å². The Bertz CT molecular complexity index is 244. The van der Waals surface area contributed by atoms with E-state index in [1.165, 1.54) is 0 Å². The molecule has 0 spiro atoms. The van der Waals surface area contributed by atoms with Gasteiger partial charge in [-0.05, 0) is 12.6 Å². The molecule has 0 fully saturated rings. The van der Waals surface area contributed by atoms with Crippen molar-refractivity contribution in [1.82, 2.24) is 10.3 Å². The van der Waals surface area contributed by atoms with Crippen LogP contribution in [0.4, 0.5) is 0 Å². The van der Waals surface area contributed by atoms with Gasteiger partial charge in [-0.3, -0.25) is 0 Å². The summed E-state index contributed by atoms with van der Waals surface area (Å²) in [5, 5.41) is 12.0. The number of hydrogen-bond donors (Lipinski definition) is 2. The maximum atomic E-state index is 8.98. The lowest BCUT2D eigenvalue weighted by Crippen LogP contribution is -2.19. The molecule has 4 heteroatoms. The largest absolute Gasteiger partial charge is 0.481 e. The van der Waals surface area contributed by atoms with Crippen LogP contribution in [0.25, 0.3) is 0 Å². The Morgan fingerprint density at radius 1 is 1.62 bits per heavy atom. The predicted molar refractivity (Wildman–Crippen MR) is 49.7 cm³/mol. The third-order valence-corrected chi connectivity index (χ3v) is 1.90. The number of likely N-dealkylation sites (N-methyl/N-ethyl adjacent to an activating group) is 1. The quantitative estimate of drug-likeness (QED) is 0.705. The maximum absolute atomic E-state index is 8.98. The highest BCUT2D eigenvalue weighted by atomic mass is 16.5. The van der Waals surface area contributed by atoms with Crippen molar-refractivity contribution in [2.24, 2.45) is 0 Å². The van der Waals surface area contributed by atoms with Crippen molar-refractivity contribution in [1.29, 1.82) is 0 Å². The van der Waals surface area contributed by atoms with Crippen molar-refractivity contribution in [2.75, 3.05) is 20.8 Å². The molecule has 0 radical (unpaired) electrons. The van der Waals surface area contributed by atoms with Gasteiger partial charge in [0, 0.05) is 12.3 Å². The summed E-state index contributed by atoms with van der Waals surface area (Å²) in [4.78, 5) is 4.04. The van der Waals surface area contributed by atoms with Crippen LogP contribution in [0, 0.1) is 0 Å². The number of aromatic nitrogens is 1. The lowest BCUT2D eigenvalue weighted by molar-refractivity contribution is 0.250. The van der Waals surface area contributed by atoms with E-state index >= 15 is 0 Å². The first-order chi connectivity index (χ1) is 6.31. The molecule has 0 amide bonds. The lowest BCUT2D eigenvalue weighted by Gasteiger charge is -2.12. The summed E-state index contributed by atoms with van der Waals surface area (Å²) in [5.74, 6) is 0.580. The van der Waals surface area contributed by atoms with Crippen molar-refractivity contribution in [2.45, 2.75) is 6.04 Å². The van der Waals surface area contributed by atoms with E-state index in [-0.39, 0.29) is 12.6 Å². The van der Waals surface area contributed by atoms with Crippen LogP contribution in [-0.2, 0) is 0 Å². The third-order valence-electron chi connectivity index (χ3n) is 1.90. The van der Waals surface area contributed by atoms with Gasteiger partial charge in [0.05, 0.1) is 19.8 Å². The van der Waals surface area contributed by atoms with Gasteiger partial charge in [0.2, 0.25) is 5.88 Å². The van der Waals surface area contributed by atoms with E-state index in [0.717, 1.165) is 5.56 Å². The predicted octanol–water partition coefficient (Wildman–Crippen LogP) is 0.343. The summed E-state index contributed by atoms with van der Waals surface area (Å²) in [6.07, 6.45) is 1.69. The molecule has 1 heterocycles. The minimum Gasteiger partial charge on any atom is -0.481 e. The topological polar surface area (TPSA) is 54.4 Å². The molecule has 1 unspecified atom stereocenters. The van der Waals surface area contributed by atoms with Gasteiger partial charge < -0.3 is 15.2 Å². The molecular formula is C9H14N2O2. The Morgan fingerprint density at radius 3 is 2.77 bits per heavy atom. The van der Waals surface area contributed by atoms with Crippen LogP contribution in [0.2, 0.25) is 0 Å². The molecule has 1 atom stereocenters. The molecule has 72 valence electrons. The average molecular weight is 182 g/mol. The van der Waals surface area contributed by atoms with Gasteiger partial charge in [-0.15, -0.1) is 0 Å². The Labute approximate surface area is 77.6 Å². The summed E-state index contributed by atoms with van der Waals surface area (Å²) >= 11 is 0. The Balaban J connectivity index is 2.78. The van der Waals surface area contributed by atoms with E-state index in [1.54, 1.807) is 26.4 Å². The molecule has 13 heavy (non-hydrogen) atoms. The van der Waals surface area contributed by atoms with Crippen LogP contribution in [-0.4, -0.2) is 30.9 Å². The summed E-state index contributed by atoms with van der Waals surface area (Å²) in [5.41, 5.74) is 0.950. The SMILES string of the molecule is CNC(CO)c1ccc(OC)nc1. The van der Waals surface area contributed by atoms with Crippen LogP contribution in [0.15, 0.2) is 18.3 Å². The highest BCUT2D eigenvalue weighted by Gasteiger charge is 2.07. The summed E-state index contributed by atoms with van der Waals surface area (Å²) < 4.78 is 4.92. The van der Waals surface area contributed by atoms with Gasteiger partial charge >= 0.3 is 0 Å². The Hall–Kier alpha value is -1.13. The minimum atomic E-state index is -0.0570. The number of nitrogens with zero attached hydrogens (tertiary/aromatic N) is 1. The van der Waals surface area contributed by atoms with E-state index in [4.69, 9.17) is 9.84 Å². The minimum absolute atomic E-state index is 0.0570. The van der Waals surface area contributed by atoms with E-state index in [0.29, 0.717) is 5.88 Å². The molecule has 0 aliphatic rings. The molecule has 2 N–H and O–H groups in total. The van der Waals surface area contributed by atoms with Gasteiger partial charge in [0.1, 0.15) is 0 Å². The number of aliphatic hydroxyl groups excluding tert-OH is 1. The number of ether oxygens (including phenoxy) is 1. The zero-order valence-electron chi connectivity index (χ0n) is 7.82. The molecule has 4 nitrogen and oxygen atoms in total. The van der Waals surface area contributed by atoms with Crippen molar-refractivity contribution in [3.63, 3.8) is 0 Å². The first-order valence-corrected chi connectivity index (χ1v) is 4.10. The fraction of sp³-hybridized carbons (Fsp3) is 0.444. The molecule has 1 rings (SSSR count). The standard InChI is InChI=1S/C9H14N2O2/c1-10-8(6-12)7-3-4-9(13-2)11-5-7/h3-5,8,10,12H,6H2,1-2H3. The second-order valence-corrected chi connectivity index (χ2v) is 2.66. The zero-order valence-corrected chi connectivity index (χ0v) is 7.82. The second kappa shape index (κ2) is 4.79. The van der Waals surface area contributed by atoms with Crippen molar-refractivity contribution < 1.29 is 9.84 Å². The van der Waals surface area contributed by atoms with Gasteiger partial charge in [0.25, 0.3) is 0 Å². The smallest absolute Gasteiger partial charge is 0.212 e. The molecule has 1 aromatic heterocycles. The van der Waals surface area contributed by atoms with Gasteiger partial charge in [-0.25, -0.2) is 4.98 Å². The number of hydrogen-bond acceptors (Lipinski definition) is 4. The number of aliphatic hydroxyl groups is 1. The first kappa shape index (κ1) is 9.95. The maximum Gasteiger partial charge on any atom is 0.212 e. The summed E-state index contributed by atoms with van der Waals surface area (Å²) in [6, 6.07) is 3.59. The number of rotatable bonds is 4. The van der Waals surface area contributed by atoms with E-state index in [2.05, 4.69) is 10.3 Å². The monoisotopic (exact) mass is 182 g/mol. The number of nitrogens with one attached hydrogen (secondary N) is 1. The van der Waals surface area contributed by atoms with Gasteiger partial charge in [0.15, 0.2) is 0 Å². The Morgan fingerprint density at radius 2 is 2.38 bits per heavy atom. The molecule has 0 aliphatic heterocycles. The fourth-order valence-electron chi connectivity index (χ4n) is 1.08. The second-order valence-electron chi connectivity index (χ2n) is 2.66. The normalized spacial score (nSPS) is 12.5. The molecule has 0 saturated carbocycles. The molecule has 1 aromatic rings. The lowest BCUT2D eigenvalue weighted by atomic mass is 10.1. The highest BCUT2D eigenvalue weighted by Crippen LogP contribution is 2.13. The van der Waals surface area contributed by atoms with Crippen molar-refractivity contribution in [3.05, 3.63) is 23.9 Å². The van der Waals surface area contributed by atoms with Crippen molar-refractivity contribution in [3.8, 4) is 5.88 Å².